The molecule has 0 radical (unpaired) electrons. The maximum atomic E-state index is 12.9. The summed E-state index contributed by atoms with van der Waals surface area (Å²) in [7, 11) is 2.61. The molecule has 1 saturated heterocycles. The Morgan fingerprint density at radius 1 is 1.00 bits per heavy atom. The van der Waals surface area contributed by atoms with E-state index < -0.39 is 41.3 Å². The van der Waals surface area contributed by atoms with Gasteiger partial charge in [-0.1, -0.05) is 42.5 Å². The van der Waals surface area contributed by atoms with Crippen LogP contribution in [0.25, 0.3) is 0 Å². The standard InChI is InChI=1S/C21H22O6/c1-20(2)26-16-13-10-11-21(17(16)27-20,12-8-6-5-7-9-12)15(19(23)25-4)14(13)18(22)24-3/h5-11,13,16-17H,1-4H3/t13?,16-,17-,21?/m1/s1. The summed E-state index contributed by atoms with van der Waals surface area (Å²) in [5.41, 5.74) is 0.374. The summed E-state index contributed by atoms with van der Waals surface area (Å²) in [5, 5.41) is 0. The van der Waals surface area contributed by atoms with Crippen LogP contribution in [0.2, 0.25) is 0 Å². The van der Waals surface area contributed by atoms with Gasteiger partial charge in [-0.25, -0.2) is 9.59 Å². The van der Waals surface area contributed by atoms with Gasteiger partial charge in [0, 0.05) is 5.92 Å². The van der Waals surface area contributed by atoms with Crippen LogP contribution in [-0.4, -0.2) is 44.2 Å². The molecule has 5 rings (SSSR count). The molecule has 0 aromatic heterocycles. The molecule has 1 aliphatic heterocycles. The molecule has 2 bridgehead atoms. The van der Waals surface area contributed by atoms with Gasteiger partial charge in [0.15, 0.2) is 5.79 Å². The zero-order chi connectivity index (χ0) is 19.4. The molecular formula is C21H22O6. The van der Waals surface area contributed by atoms with E-state index in [4.69, 9.17) is 18.9 Å². The predicted octanol–water partition coefficient (Wildman–Crippen LogP) is 2.29. The van der Waals surface area contributed by atoms with E-state index in [1.807, 2.05) is 56.3 Å². The highest BCUT2D eigenvalue weighted by atomic mass is 16.8. The third-order valence-corrected chi connectivity index (χ3v) is 5.56. The second-order valence-corrected chi connectivity index (χ2v) is 7.41. The van der Waals surface area contributed by atoms with Crippen LogP contribution in [0.5, 0.6) is 0 Å². The highest BCUT2D eigenvalue weighted by Gasteiger charge is 2.65. The van der Waals surface area contributed by atoms with Gasteiger partial charge in [0.05, 0.1) is 36.9 Å². The second-order valence-electron chi connectivity index (χ2n) is 7.41. The number of benzene rings is 1. The van der Waals surface area contributed by atoms with E-state index in [0.717, 1.165) is 5.56 Å². The van der Waals surface area contributed by atoms with Crippen molar-refractivity contribution in [3.05, 3.63) is 59.2 Å². The van der Waals surface area contributed by atoms with Crippen LogP contribution in [0.4, 0.5) is 0 Å². The van der Waals surface area contributed by atoms with Crippen molar-refractivity contribution in [2.45, 2.75) is 37.3 Å². The number of carbonyl (C=O) groups excluding carboxylic acids is 2. The summed E-state index contributed by atoms with van der Waals surface area (Å²) in [6, 6.07) is 9.51. The molecule has 142 valence electrons. The van der Waals surface area contributed by atoms with Crippen LogP contribution in [0.3, 0.4) is 0 Å². The van der Waals surface area contributed by atoms with Crippen LogP contribution in [0.15, 0.2) is 53.6 Å². The predicted molar refractivity (Wildman–Crippen MR) is 95.6 cm³/mol. The molecule has 1 heterocycles. The highest BCUT2D eigenvalue weighted by Crippen LogP contribution is 2.57. The van der Waals surface area contributed by atoms with Gasteiger partial charge in [-0.05, 0) is 19.4 Å². The quantitative estimate of drug-likeness (QED) is 0.601. The molecule has 0 amide bonds. The Bertz CT molecular complexity index is 853. The molecular weight excluding hydrogens is 348 g/mol. The van der Waals surface area contributed by atoms with Gasteiger partial charge in [0.1, 0.15) is 6.10 Å². The van der Waals surface area contributed by atoms with Gasteiger partial charge in [-0.2, -0.15) is 0 Å². The topological polar surface area (TPSA) is 71.1 Å². The summed E-state index contributed by atoms with van der Waals surface area (Å²) in [6.07, 6.45) is 2.98. The smallest absolute Gasteiger partial charge is 0.335 e. The van der Waals surface area contributed by atoms with Crippen LogP contribution in [0, 0.1) is 5.92 Å². The lowest BCUT2D eigenvalue weighted by atomic mass is 9.56. The number of carbonyl (C=O) groups is 2. The minimum absolute atomic E-state index is 0.262. The average Bonchev–Trinajstić information content (AvgIpc) is 3.03. The number of methoxy groups -OCH3 is 2. The van der Waals surface area contributed by atoms with Gasteiger partial charge >= 0.3 is 11.9 Å². The Balaban J connectivity index is 2.04. The van der Waals surface area contributed by atoms with E-state index in [-0.39, 0.29) is 11.1 Å². The molecule has 1 fully saturated rings. The first-order valence-electron chi connectivity index (χ1n) is 8.87. The minimum atomic E-state index is -0.995. The summed E-state index contributed by atoms with van der Waals surface area (Å²) in [4.78, 5) is 25.6. The van der Waals surface area contributed by atoms with Crippen LogP contribution in [-0.2, 0) is 34.0 Å². The highest BCUT2D eigenvalue weighted by molar-refractivity contribution is 6.05. The first-order chi connectivity index (χ1) is 12.9. The van der Waals surface area contributed by atoms with Crippen LogP contribution < -0.4 is 0 Å². The maximum Gasteiger partial charge on any atom is 0.335 e. The van der Waals surface area contributed by atoms with E-state index in [2.05, 4.69) is 0 Å². The second kappa shape index (κ2) is 6.04. The Labute approximate surface area is 157 Å². The minimum Gasteiger partial charge on any atom is -0.466 e. The van der Waals surface area contributed by atoms with Crippen molar-refractivity contribution >= 4 is 11.9 Å². The molecule has 0 saturated carbocycles. The zero-order valence-electron chi connectivity index (χ0n) is 15.7. The Morgan fingerprint density at radius 3 is 2.30 bits per heavy atom. The number of ether oxygens (including phenoxy) is 4. The average molecular weight is 370 g/mol. The number of rotatable bonds is 3. The van der Waals surface area contributed by atoms with Crippen molar-refractivity contribution in [2.75, 3.05) is 14.2 Å². The fourth-order valence-electron chi connectivity index (χ4n) is 4.59. The van der Waals surface area contributed by atoms with Crippen LogP contribution in [0.1, 0.15) is 19.4 Å². The summed E-state index contributed by atoms with van der Waals surface area (Å²) >= 11 is 0. The van der Waals surface area contributed by atoms with E-state index in [0.29, 0.717) is 0 Å². The Hall–Kier alpha value is -2.44. The summed E-state index contributed by atoms with van der Waals surface area (Å²) in [6.45, 7) is 3.66. The molecule has 4 atom stereocenters. The Kier molecular flexibility index (Phi) is 4.01. The third-order valence-electron chi connectivity index (χ3n) is 5.56. The van der Waals surface area contributed by atoms with Crippen LogP contribution >= 0.6 is 0 Å². The number of hydrogen-bond donors (Lipinski definition) is 0. The first-order valence-corrected chi connectivity index (χ1v) is 8.87. The van der Waals surface area contributed by atoms with Gasteiger partial charge in [0.2, 0.25) is 0 Å². The van der Waals surface area contributed by atoms with E-state index in [1.54, 1.807) is 0 Å². The van der Waals surface area contributed by atoms with Crippen molar-refractivity contribution in [1.82, 2.24) is 0 Å². The van der Waals surface area contributed by atoms with E-state index >= 15 is 0 Å². The lowest BCUT2D eigenvalue weighted by Gasteiger charge is -2.49. The monoisotopic (exact) mass is 370 g/mol. The Morgan fingerprint density at radius 2 is 1.67 bits per heavy atom. The number of hydrogen-bond acceptors (Lipinski definition) is 6. The molecule has 1 aromatic rings. The van der Waals surface area contributed by atoms with E-state index in [9.17, 15) is 9.59 Å². The van der Waals surface area contributed by atoms with Gasteiger partial charge < -0.3 is 18.9 Å². The van der Waals surface area contributed by atoms with Gasteiger partial charge in [-0.15, -0.1) is 0 Å². The zero-order valence-corrected chi connectivity index (χ0v) is 15.7. The molecule has 6 heteroatoms. The normalized spacial score (nSPS) is 33.0. The van der Waals surface area contributed by atoms with Crippen molar-refractivity contribution in [3.8, 4) is 0 Å². The van der Waals surface area contributed by atoms with Gasteiger partial charge in [-0.3, -0.25) is 0 Å². The lowest BCUT2D eigenvalue weighted by molar-refractivity contribution is -0.151. The summed E-state index contributed by atoms with van der Waals surface area (Å²) < 4.78 is 22.5. The molecule has 6 nitrogen and oxygen atoms in total. The van der Waals surface area contributed by atoms with E-state index in [1.165, 1.54) is 14.2 Å². The lowest BCUT2D eigenvalue weighted by Crippen LogP contribution is -2.57. The molecule has 3 aliphatic carbocycles. The first kappa shape index (κ1) is 17.9. The molecule has 0 N–H and O–H groups in total. The maximum absolute atomic E-state index is 12.9. The fraction of sp³-hybridized carbons (Fsp3) is 0.429. The van der Waals surface area contributed by atoms with Crippen molar-refractivity contribution < 1.29 is 28.5 Å². The number of esters is 2. The largest absolute Gasteiger partial charge is 0.466 e. The summed E-state index contributed by atoms with van der Waals surface area (Å²) in [5.74, 6) is -2.41. The van der Waals surface area contributed by atoms with Gasteiger partial charge in [0.25, 0.3) is 0 Å². The molecule has 4 aliphatic rings. The van der Waals surface area contributed by atoms with Crippen molar-refractivity contribution in [2.24, 2.45) is 5.92 Å². The van der Waals surface area contributed by atoms with Crippen molar-refractivity contribution in [3.63, 3.8) is 0 Å². The SMILES string of the molecule is COC(=O)C1=C(C(=O)OC)C2(c3ccccc3)C=CC1[C@H]1OC(C)(C)O[C@H]12. The molecule has 27 heavy (non-hydrogen) atoms. The molecule has 1 aromatic carbocycles. The molecule has 0 spiro atoms. The molecule has 2 unspecified atom stereocenters. The third kappa shape index (κ3) is 2.40. The van der Waals surface area contributed by atoms with Crippen molar-refractivity contribution in [1.29, 1.82) is 0 Å². The fourth-order valence-corrected chi connectivity index (χ4v) is 4.59.